The quantitative estimate of drug-likeness (QED) is 0.698. The SMILES string of the molecule is COc1cc2cc(CCNC(=O)c3ccc(F)c(F)c3)c(=O)[nH]c2cc1Cl. The van der Waals surface area contributed by atoms with Gasteiger partial charge < -0.3 is 15.0 Å². The largest absolute Gasteiger partial charge is 0.495 e. The van der Waals surface area contributed by atoms with Crippen LogP contribution in [0.5, 0.6) is 5.75 Å². The van der Waals surface area contributed by atoms with Gasteiger partial charge in [0.2, 0.25) is 0 Å². The van der Waals surface area contributed by atoms with Gasteiger partial charge in [-0.15, -0.1) is 0 Å². The first-order valence-electron chi connectivity index (χ1n) is 8.01. The Balaban J connectivity index is 1.73. The highest BCUT2D eigenvalue weighted by Gasteiger charge is 2.11. The molecule has 0 radical (unpaired) electrons. The van der Waals surface area contributed by atoms with Gasteiger partial charge in [-0.05, 0) is 42.8 Å². The van der Waals surface area contributed by atoms with Gasteiger partial charge in [-0.25, -0.2) is 8.78 Å². The molecule has 140 valence electrons. The minimum Gasteiger partial charge on any atom is -0.495 e. The first kappa shape index (κ1) is 18.8. The van der Waals surface area contributed by atoms with E-state index in [1.807, 2.05) is 0 Å². The molecular weight excluding hydrogens is 378 g/mol. The van der Waals surface area contributed by atoms with E-state index in [4.69, 9.17) is 16.3 Å². The first-order chi connectivity index (χ1) is 12.9. The number of H-pyrrole nitrogens is 1. The van der Waals surface area contributed by atoms with Crippen LogP contribution in [0.2, 0.25) is 5.02 Å². The molecule has 1 amide bonds. The van der Waals surface area contributed by atoms with Crippen LogP contribution in [0.4, 0.5) is 8.78 Å². The van der Waals surface area contributed by atoms with Crippen LogP contribution in [-0.2, 0) is 6.42 Å². The molecule has 2 N–H and O–H groups in total. The fraction of sp³-hybridized carbons (Fsp3) is 0.158. The van der Waals surface area contributed by atoms with E-state index in [2.05, 4.69) is 10.3 Å². The summed E-state index contributed by atoms with van der Waals surface area (Å²) in [6.45, 7) is 0.150. The van der Waals surface area contributed by atoms with E-state index in [9.17, 15) is 18.4 Å². The van der Waals surface area contributed by atoms with Crippen LogP contribution in [0, 0.1) is 11.6 Å². The maximum Gasteiger partial charge on any atom is 0.251 e. The average molecular weight is 393 g/mol. The zero-order valence-electron chi connectivity index (χ0n) is 14.2. The molecule has 27 heavy (non-hydrogen) atoms. The zero-order valence-corrected chi connectivity index (χ0v) is 15.0. The van der Waals surface area contributed by atoms with Crippen LogP contribution in [0.3, 0.4) is 0 Å². The van der Waals surface area contributed by atoms with Crippen LogP contribution in [-0.4, -0.2) is 24.5 Å². The van der Waals surface area contributed by atoms with Crippen LogP contribution >= 0.6 is 11.6 Å². The summed E-state index contributed by atoms with van der Waals surface area (Å²) in [5.41, 5.74) is 0.726. The molecule has 0 unspecified atom stereocenters. The second kappa shape index (κ2) is 7.75. The molecule has 1 aromatic heterocycles. The molecule has 0 bridgehead atoms. The Hall–Kier alpha value is -2.93. The fourth-order valence-electron chi connectivity index (χ4n) is 2.64. The summed E-state index contributed by atoms with van der Waals surface area (Å²) in [4.78, 5) is 26.9. The summed E-state index contributed by atoms with van der Waals surface area (Å²) in [7, 11) is 1.49. The van der Waals surface area contributed by atoms with Gasteiger partial charge in [-0.2, -0.15) is 0 Å². The van der Waals surface area contributed by atoms with E-state index in [0.29, 0.717) is 21.9 Å². The highest BCUT2D eigenvalue weighted by molar-refractivity contribution is 6.32. The van der Waals surface area contributed by atoms with E-state index >= 15 is 0 Å². The lowest BCUT2D eigenvalue weighted by Gasteiger charge is -2.08. The molecule has 8 heteroatoms. The Morgan fingerprint density at radius 2 is 1.96 bits per heavy atom. The lowest BCUT2D eigenvalue weighted by atomic mass is 10.1. The molecule has 2 aromatic carbocycles. The molecule has 1 heterocycles. The third-order valence-electron chi connectivity index (χ3n) is 4.06. The van der Waals surface area contributed by atoms with E-state index in [1.54, 1.807) is 18.2 Å². The van der Waals surface area contributed by atoms with Gasteiger partial charge in [0.25, 0.3) is 11.5 Å². The lowest BCUT2D eigenvalue weighted by Crippen LogP contribution is -2.27. The normalized spacial score (nSPS) is 10.8. The standard InChI is InChI=1S/C19H15ClF2N2O3/c1-27-17-8-12-6-11(19(26)24-16(12)9-13(17)20)4-5-23-18(25)10-2-3-14(21)15(22)7-10/h2-3,6-9H,4-5H2,1H3,(H,23,25)(H,24,26). The van der Waals surface area contributed by atoms with Crippen molar-refractivity contribution in [2.45, 2.75) is 6.42 Å². The maximum atomic E-state index is 13.2. The molecule has 0 atom stereocenters. The van der Waals surface area contributed by atoms with Crippen molar-refractivity contribution in [1.82, 2.24) is 10.3 Å². The molecular formula is C19H15ClF2N2O3. The second-order valence-electron chi connectivity index (χ2n) is 5.83. The molecule has 0 fully saturated rings. The first-order valence-corrected chi connectivity index (χ1v) is 8.39. The number of nitrogens with one attached hydrogen (secondary N) is 2. The number of carbonyl (C=O) groups is 1. The molecule has 0 saturated heterocycles. The van der Waals surface area contributed by atoms with Gasteiger partial charge in [-0.1, -0.05) is 11.6 Å². The third kappa shape index (κ3) is 4.09. The van der Waals surface area contributed by atoms with Gasteiger partial charge in [-0.3, -0.25) is 9.59 Å². The Bertz CT molecular complexity index is 1080. The molecule has 0 aliphatic rings. The second-order valence-corrected chi connectivity index (χ2v) is 6.24. The number of aromatic nitrogens is 1. The minimum atomic E-state index is -1.10. The van der Waals surface area contributed by atoms with Crippen LogP contribution < -0.4 is 15.6 Å². The predicted octanol–water partition coefficient (Wildman–Crippen LogP) is 3.44. The van der Waals surface area contributed by atoms with E-state index in [1.165, 1.54) is 13.2 Å². The van der Waals surface area contributed by atoms with Gasteiger partial charge in [0.1, 0.15) is 5.75 Å². The van der Waals surface area contributed by atoms with Crippen molar-refractivity contribution >= 4 is 28.4 Å². The topological polar surface area (TPSA) is 71.2 Å². The van der Waals surface area contributed by atoms with Gasteiger partial charge in [0, 0.05) is 23.1 Å². The number of ether oxygens (including phenoxy) is 1. The number of hydrogen-bond donors (Lipinski definition) is 2. The smallest absolute Gasteiger partial charge is 0.251 e. The fourth-order valence-corrected chi connectivity index (χ4v) is 2.89. The number of amides is 1. The third-order valence-corrected chi connectivity index (χ3v) is 4.35. The molecule has 5 nitrogen and oxygen atoms in total. The van der Waals surface area contributed by atoms with Crippen molar-refractivity contribution in [1.29, 1.82) is 0 Å². The van der Waals surface area contributed by atoms with Gasteiger partial charge >= 0.3 is 0 Å². The van der Waals surface area contributed by atoms with E-state index in [0.717, 1.165) is 17.5 Å². The highest BCUT2D eigenvalue weighted by Crippen LogP contribution is 2.28. The Kier molecular flexibility index (Phi) is 5.41. The van der Waals surface area contributed by atoms with Crippen LogP contribution in [0.1, 0.15) is 15.9 Å². The number of methoxy groups -OCH3 is 1. The van der Waals surface area contributed by atoms with Gasteiger partial charge in [0.15, 0.2) is 11.6 Å². The van der Waals surface area contributed by atoms with Crippen molar-refractivity contribution in [2.75, 3.05) is 13.7 Å². The summed E-state index contributed by atoms with van der Waals surface area (Å²) >= 11 is 6.05. The van der Waals surface area contributed by atoms with Gasteiger partial charge in [0.05, 0.1) is 17.6 Å². The Morgan fingerprint density at radius 3 is 2.67 bits per heavy atom. The summed E-state index contributed by atoms with van der Waals surface area (Å²) in [5, 5.41) is 3.69. The number of rotatable bonds is 5. The van der Waals surface area contributed by atoms with E-state index in [-0.39, 0.29) is 24.1 Å². The zero-order chi connectivity index (χ0) is 19.6. The maximum absolute atomic E-state index is 13.2. The van der Waals surface area contributed by atoms with Crippen molar-refractivity contribution in [3.05, 3.63) is 74.5 Å². The van der Waals surface area contributed by atoms with Crippen molar-refractivity contribution in [3.8, 4) is 5.75 Å². The summed E-state index contributed by atoms with van der Waals surface area (Å²) in [5.74, 6) is -2.20. The summed E-state index contributed by atoms with van der Waals surface area (Å²) in [6.07, 6.45) is 0.256. The molecule has 0 aliphatic heterocycles. The van der Waals surface area contributed by atoms with Crippen LogP contribution in [0.25, 0.3) is 10.9 Å². The minimum absolute atomic E-state index is 0.000647. The summed E-state index contributed by atoms with van der Waals surface area (Å²) in [6, 6.07) is 7.90. The number of hydrogen-bond acceptors (Lipinski definition) is 3. The molecule has 0 aliphatic carbocycles. The molecule has 0 saturated carbocycles. The van der Waals surface area contributed by atoms with Crippen molar-refractivity contribution in [2.24, 2.45) is 0 Å². The number of pyridine rings is 1. The van der Waals surface area contributed by atoms with Crippen molar-refractivity contribution in [3.63, 3.8) is 0 Å². The lowest BCUT2D eigenvalue weighted by molar-refractivity contribution is 0.0953. The predicted molar refractivity (Wildman–Crippen MR) is 98.5 cm³/mol. The average Bonchev–Trinajstić information content (AvgIpc) is 2.64. The number of halogens is 3. The number of aromatic amines is 1. The Morgan fingerprint density at radius 1 is 1.19 bits per heavy atom. The monoisotopic (exact) mass is 392 g/mol. The molecule has 0 spiro atoms. The Labute approximate surface area is 157 Å². The molecule has 3 rings (SSSR count). The van der Waals surface area contributed by atoms with Crippen molar-refractivity contribution < 1.29 is 18.3 Å². The van der Waals surface area contributed by atoms with Crippen LogP contribution in [0.15, 0.2) is 41.2 Å². The molecule has 3 aromatic rings. The number of benzene rings is 2. The number of fused-ring (bicyclic) bond motifs is 1. The summed E-state index contributed by atoms with van der Waals surface area (Å²) < 4.78 is 31.3. The van der Waals surface area contributed by atoms with E-state index < -0.39 is 17.5 Å². The highest BCUT2D eigenvalue weighted by atomic mass is 35.5. The number of carbonyl (C=O) groups excluding carboxylic acids is 1.